The maximum absolute atomic E-state index is 13.2. The Morgan fingerprint density at radius 1 is 1.33 bits per heavy atom. The van der Waals surface area contributed by atoms with Crippen LogP contribution in [0.3, 0.4) is 0 Å². The van der Waals surface area contributed by atoms with Crippen LogP contribution >= 0.6 is 11.6 Å². The fourth-order valence-corrected chi connectivity index (χ4v) is 3.38. The van der Waals surface area contributed by atoms with Crippen molar-refractivity contribution < 1.29 is 4.39 Å². The van der Waals surface area contributed by atoms with Crippen molar-refractivity contribution in [3.63, 3.8) is 0 Å². The molecule has 0 bridgehead atoms. The third kappa shape index (κ3) is 2.15. The van der Waals surface area contributed by atoms with Crippen molar-refractivity contribution >= 4 is 11.6 Å². The smallest absolute Gasteiger partial charge is 0.141 e. The number of hydrogen-bond acceptors (Lipinski definition) is 2. The van der Waals surface area contributed by atoms with E-state index in [-0.39, 0.29) is 10.8 Å². The van der Waals surface area contributed by atoms with Crippen molar-refractivity contribution in [3.05, 3.63) is 34.6 Å². The van der Waals surface area contributed by atoms with E-state index >= 15 is 0 Å². The lowest BCUT2D eigenvalue weighted by molar-refractivity contribution is 0.244. The largest absolute Gasteiger partial charge is 0.316 e. The van der Waals surface area contributed by atoms with E-state index in [0.717, 1.165) is 43.6 Å². The second kappa shape index (κ2) is 4.80. The van der Waals surface area contributed by atoms with Gasteiger partial charge in [-0.3, -0.25) is 4.90 Å². The quantitative estimate of drug-likeness (QED) is 0.887. The molecule has 0 aromatic heterocycles. The Morgan fingerprint density at radius 3 is 2.61 bits per heavy atom. The molecule has 2 heterocycles. The molecule has 1 aromatic carbocycles. The van der Waals surface area contributed by atoms with Crippen LogP contribution in [0.1, 0.15) is 18.5 Å². The van der Waals surface area contributed by atoms with E-state index in [2.05, 4.69) is 17.1 Å². The molecule has 0 spiro atoms. The van der Waals surface area contributed by atoms with Crippen molar-refractivity contribution in [2.45, 2.75) is 13.0 Å². The minimum atomic E-state index is -0.338. The fraction of sp³-hybridized carbons (Fsp3) is 0.571. The molecular formula is C14H18ClFN2. The molecule has 3 atom stereocenters. The van der Waals surface area contributed by atoms with Gasteiger partial charge in [0.05, 0.1) is 5.02 Å². The van der Waals surface area contributed by atoms with Crippen LogP contribution in [0.2, 0.25) is 5.02 Å². The Kier molecular flexibility index (Phi) is 3.31. The highest BCUT2D eigenvalue weighted by Gasteiger charge is 2.37. The standard InChI is InChI=1S/C14H18ClFN2/c1-9(10-2-3-14(16)13(15)4-10)18-7-11-5-17-6-12(11)8-18/h2-4,9,11-12,17H,5-8H2,1H3. The molecule has 3 unspecified atom stereocenters. The summed E-state index contributed by atoms with van der Waals surface area (Å²) in [4.78, 5) is 2.49. The predicted molar refractivity (Wildman–Crippen MR) is 71.2 cm³/mol. The van der Waals surface area contributed by atoms with Gasteiger partial charge in [0.1, 0.15) is 5.82 Å². The first kappa shape index (κ1) is 12.4. The zero-order valence-electron chi connectivity index (χ0n) is 10.5. The average molecular weight is 269 g/mol. The Hall–Kier alpha value is -0.640. The third-order valence-electron chi connectivity index (χ3n) is 4.39. The molecule has 98 valence electrons. The van der Waals surface area contributed by atoms with Gasteiger partial charge in [-0.1, -0.05) is 17.7 Å². The number of likely N-dealkylation sites (tertiary alicyclic amines) is 1. The summed E-state index contributed by atoms with van der Waals surface area (Å²) in [6, 6.07) is 5.38. The van der Waals surface area contributed by atoms with Crippen molar-refractivity contribution in [2.75, 3.05) is 26.2 Å². The first-order valence-corrected chi connectivity index (χ1v) is 6.92. The molecule has 0 amide bonds. The van der Waals surface area contributed by atoms with Crippen LogP contribution < -0.4 is 5.32 Å². The second-order valence-corrected chi connectivity index (χ2v) is 5.89. The SMILES string of the molecule is CC(c1ccc(F)c(Cl)c1)N1CC2CNCC2C1. The topological polar surface area (TPSA) is 15.3 Å². The lowest BCUT2D eigenvalue weighted by atomic mass is 10.0. The summed E-state index contributed by atoms with van der Waals surface area (Å²) in [6.45, 7) is 6.72. The highest BCUT2D eigenvalue weighted by atomic mass is 35.5. The first-order chi connectivity index (χ1) is 8.65. The molecule has 2 nitrogen and oxygen atoms in total. The maximum atomic E-state index is 13.2. The molecule has 3 rings (SSSR count). The molecule has 0 aliphatic carbocycles. The van der Waals surface area contributed by atoms with Crippen molar-refractivity contribution in [3.8, 4) is 0 Å². The van der Waals surface area contributed by atoms with Gasteiger partial charge in [0.25, 0.3) is 0 Å². The third-order valence-corrected chi connectivity index (χ3v) is 4.68. The number of halogens is 2. The average Bonchev–Trinajstić information content (AvgIpc) is 2.92. The monoisotopic (exact) mass is 268 g/mol. The number of nitrogens with zero attached hydrogens (tertiary/aromatic N) is 1. The minimum Gasteiger partial charge on any atom is -0.316 e. The van der Waals surface area contributed by atoms with Crippen molar-refractivity contribution in [2.24, 2.45) is 11.8 Å². The summed E-state index contributed by atoms with van der Waals surface area (Å²) in [5.74, 6) is 1.22. The molecule has 2 aliphatic rings. The van der Waals surface area contributed by atoms with Gasteiger partial charge in [-0.25, -0.2) is 4.39 Å². The van der Waals surface area contributed by atoms with Gasteiger partial charge in [0.2, 0.25) is 0 Å². The van der Waals surface area contributed by atoms with Crippen molar-refractivity contribution in [1.82, 2.24) is 10.2 Å². The van der Waals surface area contributed by atoms with Crippen LogP contribution in [0.4, 0.5) is 4.39 Å². The van der Waals surface area contributed by atoms with Crippen LogP contribution in [0.15, 0.2) is 18.2 Å². The zero-order chi connectivity index (χ0) is 12.7. The number of hydrogen-bond donors (Lipinski definition) is 1. The fourth-order valence-electron chi connectivity index (χ4n) is 3.19. The van der Waals surface area contributed by atoms with Crippen LogP contribution in [0, 0.1) is 17.7 Å². The molecular weight excluding hydrogens is 251 g/mol. The Bertz CT molecular complexity index is 439. The van der Waals surface area contributed by atoms with Crippen LogP contribution in [0.25, 0.3) is 0 Å². The Morgan fingerprint density at radius 2 is 2.00 bits per heavy atom. The van der Waals surface area contributed by atoms with Gasteiger partial charge in [-0.05, 0) is 49.5 Å². The lowest BCUT2D eigenvalue weighted by Crippen LogP contribution is -2.28. The molecule has 18 heavy (non-hydrogen) atoms. The van der Waals surface area contributed by atoms with E-state index in [1.54, 1.807) is 6.07 Å². The molecule has 2 aliphatic heterocycles. The minimum absolute atomic E-state index is 0.223. The number of benzene rings is 1. The highest BCUT2D eigenvalue weighted by Crippen LogP contribution is 2.33. The summed E-state index contributed by atoms with van der Waals surface area (Å²) in [5.41, 5.74) is 1.11. The molecule has 1 aromatic rings. The van der Waals surface area contributed by atoms with Gasteiger partial charge in [0.15, 0.2) is 0 Å². The molecule has 4 heteroatoms. The maximum Gasteiger partial charge on any atom is 0.141 e. The lowest BCUT2D eigenvalue weighted by Gasteiger charge is -2.25. The summed E-state index contributed by atoms with van der Waals surface area (Å²) in [7, 11) is 0. The summed E-state index contributed by atoms with van der Waals surface area (Å²) >= 11 is 5.86. The normalized spacial score (nSPS) is 29.5. The Balaban J connectivity index is 1.74. The molecule has 1 N–H and O–H groups in total. The number of fused-ring (bicyclic) bond motifs is 1. The van der Waals surface area contributed by atoms with E-state index in [1.165, 1.54) is 6.07 Å². The van der Waals surface area contributed by atoms with Gasteiger partial charge in [-0.15, -0.1) is 0 Å². The van der Waals surface area contributed by atoms with Crippen molar-refractivity contribution in [1.29, 1.82) is 0 Å². The van der Waals surface area contributed by atoms with Gasteiger partial charge in [0, 0.05) is 19.1 Å². The van der Waals surface area contributed by atoms with Crippen LogP contribution in [-0.2, 0) is 0 Å². The molecule has 0 radical (unpaired) electrons. The molecule has 2 saturated heterocycles. The summed E-state index contributed by atoms with van der Waals surface area (Å²) < 4.78 is 13.2. The van der Waals surface area contributed by atoms with Crippen LogP contribution in [0.5, 0.6) is 0 Å². The summed E-state index contributed by atoms with van der Waals surface area (Å²) in [5, 5.41) is 3.67. The van der Waals surface area contributed by atoms with E-state index in [9.17, 15) is 4.39 Å². The predicted octanol–water partition coefficient (Wildman–Crippen LogP) is 2.69. The Labute approximate surface area is 112 Å². The van der Waals surface area contributed by atoms with E-state index < -0.39 is 0 Å². The summed E-state index contributed by atoms with van der Waals surface area (Å²) in [6.07, 6.45) is 0. The van der Waals surface area contributed by atoms with E-state index in [0.29, 0.717) is 6.04 Å². The number of nitrogens with one attached hydrogen (secondary N) is 1. The van der Waals surface area contributed by atoms with E-state index in [1.807, 2.05) is 6.07 Å². The first-order valence-electron chi connectivity index (χ1n) is 6.55. The second-order valence-electron chi connectivity index (χ2n) is 5.48. The molecule has 2 fully saturated rings. The van der Waals surface area contributed by atoms with Gasteiger partial charge in [-0.2, -0.15) is 0 Å². The number of rotatable bonds is 2. The van der Waals surface area contributed by atoms with E-state index in [4.69, 9.17) is 11.6 Å². The highest BCUT2D eigenvalue weighted by molar-refractivity contribution is 6.30. The van der Waals surface area contributed by atoms with Gasteiger partial charge < -0.3 is 5.32 Å². The van der Waals surface area contributed by atoms with Crippen LogP contribution in [-0.4, -0.2) is 31.1 Å². The molecule has 0 saturated carbocycles. The zero-order valence-corrected chi connectivity index (χ0v) is 11.3. The van der Waals surface area contributed by atoms with Gasteiger partial charge >= 0.3 is 0 Å².